The van der Waals surface area contributed by atoms with E-state index in [9.17, 15) is 5.11 Å². The first-order valence-corrected chi connectivity index (χ1v) is 5.52. The Labute approximate surface area is 100 Å². The van der Waals surface area contributed by atoms with Gasteiger partial charge in [-0.3, -0.25) is 4.99 Å². The second-order valence-electron chi connectivity index (χ2n) is 3.75. The third-order valence-corrected chi connectivity index (χ3v) is 2.59. The summed E-state index contributed by atoms with van der Waals surface area (Å²) in [5.41, 5.74) is 0.763. The summed E-state index contributed by atoms with van der Waals surface area (Å²) in [5.74, 6) is 0.255. The first-order chi connectivity index (χ1) is 8.33. The summed E-state index contributed by atoms with van der Waals surface area (Å²) in [6.07, 6.45) is 1.71. The minimum Gasteiger partial charge on any atom is -0.507 e. The molecule has 2 rings (SSSR count). The predicted octanol–water partition coefficient (Wildman–Crippen LogP) is 2.61. The van der Waals surface area contributed by atoms with Gasteiger partial charge in [0.15, 0.2) is 0 Å². The smallest absolute Gasteiger partial charge is 0.124 e. The molecule has 0 heterocycles. The molecule has 0 aliphatic rings. The Hall–Kier alpha value is -1.87. The molecule has 2 aromatic carbocycles. The number of rotatable bonds is 4. The van der Waals surface area contributed by atoms with Crippen molar-refractivity contribution in [3.05, 3.63) is 42.0 Å². The van der Waals surface area contributed by atoms with E-state index in [0.29, 0.717) is 13.2 Å². The topological polar surface area (TPSA) is 41.8 Å². The highest BCUT2D eigenvalue weighted by Crippen LogP contribution is 2.25. The summed E-state index contributed by atoms with van der Waals surface area (Å²) in [4.78, 5) is 4.23. The van der Waals surface area contributed by atoms with E-state index in [1.165, 1.54) is 0 Å². The fourth-order valence-electron chi connectivity index (χ4n) is 1.72. The van der Waals surface area contributed by atoms with E-state index in [4.69, 9.17) is 4.74 Å². The van der Waals surface area contributed by atoms with Gasteiger partial charge in [-0.15, -0.1) is 0 Å². The van der Waals surface area contributed by atoms with Gasteiger partial charge in [-0.05, 0) is 16.8 Å². The molecule has 0 aromatic heterocycles. The Kier molecular flexibility index (Phi) is 3.73. The number of phenolic OH excluding ortho intramolecular Hbond substituents is 1. The molecule has 3 nitrogen and oxygen atoms in total. The van der Waals surface area contributed by atoms with E-state index in [2.05, 4.69) is 4.99 Å². The molecule has 88 valence electrons. The largest absolute Gasteiger partial charge is 0.507 e. The lowest BCUT2D eigenvalue weighted by Crippen LogP contribution is -1.94. The summed E-state index contributed by atoms with van der Waals surface area (Å²) < 4.78 is 4.92. The van der Waals surface area contributed by atoms with Crippen molar-refractivity contribution in [2.45, 2.75) is 0 Å². The minimum atomic E-state index is 0.255. The van der Waals surface area contributed by atoms with Crippen LogP contribution in [0.5, 0.6) is 5.75 Å². The van der Waals surface area contributed by atoms with Crippen molar-refractivity contribution in [2.75, 3.05) is 20.3 Å². The van der Waals surface area contributed by atoms with E-state index >= 15 is 0 Å². The zero-order valence-electron chi connectivity index (χ0n) is 9.76. The van der Waals surface area contributed by atoms with Crippen LogP contribution in [0.1, 0.15) is 5.56 Å². The van der Waals surface area contributed by atoms with Gasteiger partial charge in [0.25, 0.3) is 0 Å². The highest BCUT2D eigenvalue weighted by atomic mass is 16.5. The Morgan fingerprint density at radius 1 is 1.24 bits per heavy atom. The standard InChI is InChI=1S/C14H15NO2/c1-17-9-8-15-10-13-12-5-3-2-4-11(12)6-7-14(13)16/h2-7,10,16H,8-9H2,1H3. The number of methoxy groups -OCH3 is 1. The Morgan fingerprint density at radius 3 is 2.88 bits per heavy atom. The molecular formula is C14H15NO2. The second-order valence-corrected chi connectivity index (χ2v) is 3.75. The van der Waals surface area contributed by atoms with Crippen molar-refractivity contribution < 1.29 is 9.84 Å². The summed E-state index contributed by atoms with van der Waals surface area (Å²) in [7, 11) is 1.64. The van der Waals surface area contributed by atoms with Gasteiger partial charge in [0.1, 0.15) is 5.75 Å². The molecule has 2 aromatic rings. The summed E-state index contributed by atoms with van der Waals surface area (Å²) in [5, 5.41) is 11.9. The molecule has 1 N–H and O–H groups in total. The van der Waals surface area contributed by atoms with Gasteiger partial charge in [-0.25, -0.2) is 0 Å². The number of benzene rings is 2. The van der Waals surface area contributed by atoms with Gasteiger partial charge >= 0.3 is 0 Å². The molecule has 0 aliphatic heterocycles. The maximum atomic E-state index is 9.84. The molecular weight excluding hydrogens is 214 g/mol. The molecule has 3 heteroatoms. The first-order valence-electron chi connectivity index (χ1n) is 5.52. The van der Waals surface area contributed by atoms with Crippen molar-refractivity contribution in [3.63, 3.8) is 0 Å². The average molecular weight is 229 g/mol. The number of hydrogen-bond donors (Lipinski definition) is 1. The third kappa shape index (κ3) is 2.63. The van der Waals surface area contributed by atoms with Crippen LogP contribution in [-0.4, -0.2) is 31.6 Å². The predicted molar refractivity (Wildman–Crippen MR) is 69.9 cm³/mol. The number of fused-ring (bicyclic) bond motifs is 1. The monoisotopic (exact) mass is 229 g/mol. The van der Waals surface area contributed by atoms with Crippen LogP contribution in [0.2, 0.25) is 0 Å². The molecule has 17 heavy (non-hydrogen) atoms. The summed E-state index contributed by atoms with van der Waals surface area (Å²) in [6.45, 7) is 1.18. The molecule has 0 saturated carbocycles. The number of aliphatic imine (C=N–C) groups is 1. The SMILES string of the molecule is COCCN=Cc1c(O)ccc2ccccc12. The molecule has 0 spiro atoms. The molecule has 0 fully saturated rings. The van der Waals surface area contributed by atoms with Gasteiger partial charge in [-0.1, -0.05) is 30.3 Å². The van der Waals surface area contributed by atoms with E-state index in [1.807, 2.05) is 30.3 Å². The van der Waals surface area contributed by atoms with Crippen molar-refractivity contribution in [2.24, 2.45) is 4.99 Å². The fraction of sp³-hybridized carbons (Fsp3) is 0.214. The third-order valence-electron chi connectivity index (χ3n) is 2.59. The Balaban J connectivity index is 2.37. The van der Waals surface area contributed by atoms with Crippen LogP contribution < -0.4 is 0 Å². The maximum Gasteiger partial charge on any atom is 0.124 e. The van der Waals surface area contributed by atoms with Crippen molar-refractivity contribution in [1.29, 1.82) is 0 Å². The fourth-order valence-corrected chi connectivity index (χ4v) is 1.72. The van der Waals surface area contributed by atoms with E-state index in [1.54, 1.807) is 19.4 Å². The quantitative estimate of drug-likeness (QED) is 0.646. The number of ether oxygens (including phenoxy) is 1. The van der Waals surface area contributed by atoms with Crippen LogP contribution in [0, 0.1) is 0 Å². The van der Waals surface area contributed by atoms with Crippen molar-refractivity contribution >= 4 is 17.0 Å². The van der Waals surface area contributed by atoms with Crippen LogP contribution in [0.25, 0.3) is 10.8 Å². The van der Waals surface area contributed by atoms with Crippen LogP contribution in [0.4, 0.5) is 0 Å². The maximum absolute atomic E-state index is 9.84. The minimum absolute atomic E-state index is 0.255. The van der Waals surface area contributed by atoms with Crippen molar-refractivity contribution in [3.8, 4) is 5.75 Å². The molecule has 0 bridgehead atoms. The van der Waals surface area contributed by atoms with E-state index < -0.39 is 0 Å². The van der Waals surface area contributed by atoms with Gasteiger partial charge in [0.2, 0.25) is 0 Å². The van der Waals surface area contributed by atoms with Crippen LogP contribution in [0.3, 0.4) is 0 Å². The molecule has 0 radical (unpaired) electrons. The molecule has 0 atom stereocenters. The number of nitrogens with zero attached hydrogens (tertiary/aromatic N) is 1. The van der Waals surface area contributed by atoms with Crippen LogP contribution in [-0.2, 0) is 4.74 Å². The van der Waals surface area contributed by atoms with Crippen molar-refractivity contribution in [1.82, 2.24) is 0 Å². The van der Waals surface area contributed by atoms with Gasteiger partial charge in [0, 0.05) is 18.9 Å². The second kappa shape index (κ2) is 5.46. The summed E-state index contributed by atoms with van der Waals surface area (Å²) >= 11 is 0. The molecule has 0 unspecified atom stereocenters. The van der Waals surface area contributed by atoms with E-state index in [-0.39, 0.29) is 5.75 Å². The molecule has 0 amide bonds. The first kappa shape index (κ1) is 11.6. The Morgan fingerprint density at radius 2 is 2.06 bits per heavy atom. The highest BCUT2D eigenvalue weighted by molar-refractivity contribution is 6.02. The lowest BCUT2D eigenvalue weighted by atomic mass is 10.0. The number of phenols is 1. The van der Waals surface area contributed by atoms with Gasteiger partial charge in [0.05, 0.1) is 13.2 Å². The van der Waals surface area contributed by atoms with E-state index in [0.717, 1.165) is 16.3 Å². The number of hydrogen-bond acceptors (Lipinski definition) is 3. The number of aromatic hydroxyl groups is 1. The average Bonchev–Trinajstić information content (AvgIpc) is 2.37. The normalized spacial score (nSPS) is 11.4. The van der Waals surface area contributed by atoms with Gasteiger partial charge in [-0.2, -0.15) is 0 Å². The molecule has 0 saturated heterocycles. The van der Waals surface area contributed by atoms with Gasteiger partial charge < -0.3 is 9.84 Å². The van der Waals surface area contributed by atoms with Crippen LogP contribution in [0.15, 0.2) is 41.4 Å². The lowest BCUT2D eigenvalue weighted by Gasteiger charge is -2.04. The lowest BCUT2D eigenvalue weighted by molar-refractivity contribution is 0.208. The zero-order valence-corrected chi connectivity index (χ0v) is 9.76. The highest BCUT2D eigenvalue weighted by Gasteiger charge is 2.03. The Bertz CT molecular complexity index is 535. The molecule has 0 aliphatic carbocycles. The summed E-state index contributed by atoms with van der Waals surface area (Å²) in [6, 6.07) is 11.5. The van der Waals surface area contributed by atoms with Crippen LogP contribution >= 0.6 is 0 Å². The zero-order chi connectivity index (χ0) is 12.1.